The van der Waals surface area contributed by atoms with Gasteiger partial charge in [0.05, 0.1) is 6.04 Å². The lowest BCUT2D eigenvalue weighted by Gasteiger charge is -2.37. The molecule has 2 aliphatic rings. The van der Waals surface area contributed by atoms with Crippen molar-refractivity contribution in [2.24, 2.45) is 0 Å². The van der Waals surface area contributed by atoms with Gasteiger partial charge in [0.1, 0.15) is 0 Å². The molecule has 1 fully saturated rings. The molecule has 2 aliphatic heterocycles. The lowest BCUT2D eigenvalue weighted by atomic mass is 10.0. The molecule has 4 nitrogen and oxygen atoms in total. The minimum Gasteiger partial charge on any atom is -0.316 e. The first-order valence-corrected chi connectivity index (χ1v) is 8.01. The van der Waals surface area contributed by atoms with Crippen molar-refractivity contribution in [3.63, 3.8) is 0 Å². The number of amides is 1. The predicted octanol–water partition coefficient (Wildman–Crippen LogP) is 1.65. The van der Waals surface area contributed by atoms with Crippen molar-refractivity contribution in [2.75, 3.05) is 31.6 Å². The summed E-state index contributed by atoms with van der Waals surface area (Å²) in [6, 6.07) is 8.75. The fourth-order valence-corrected chi connectivity index (χ4v) is 3.54. The van der Waals surface area contributed by atoms with Crippen molar-refractivity contribution in [3.8, 4) is 0 Å². The maximum Gasteiger partial charge on any atom is 0.244 e. The van der Waals surface area contributed by atoms with Crippen LogP contribution in [0, 0.1) is 0 Å². The normalized spacial score (nSPS) is 23.9. The van der Waals surface area contributed by atoms with Crippen molar-refractivity contribution in [1.29, 1.82) is 0 Å². The average Bonchev–Trinajstić information content (AvgIpc) is 2.97. The van der Waals surface area contributed by atoms with Gasteiger partial charge in [-0.3, -0.25) is 9.69 Å². The third-order valence-electron chi connectivity index (χ3n) is 4.92. The monoisotopic (exact) mass is 287 g/mol. The zero-order chi connectivity index (χ0) is 14.8. The number of nitrogens with one attached hydrogen (secondary N) is 1. The van der Waals surface area contributed by atoms with Crippen LogP contribution in [0.15, 0.2) is 24.3 Å². The van der Waals surface area contributed by atoms with E-state index in [9.17, 15) is 4.79 Å². The molecule has 0 aromatic heterocycles. The van der Waals surface area contributed by atoms with E-state index < -0.39 is 0 Å². The van der Waals surface area contributed by atoms with Crippen LogP contribution in [-0.2, 0) is 11.2 Å². The maximum atomic E-state index is 12.9. The Balaban J connectivity index is 1.71. The molecule has 1 aromatic carbocycles. The minimum absolute atomic E-state index is 0.0349. The summed E-state index contributed by atoms with van der Waals surface area (Å²) in [5.74, 6) is 0.247. The molecule has 1 amide bonds. The van der Waals surface area contributed by atoms with E-state index >= 15 is 0 Å². The van der Waals surface area contributed by atoms with Gasteiger partial charge in [0.15, 0.2) is 0 Å². The molecule has 1 N–H and O–H groups in total. The Morgan fingerprint density at radius 3 is 2.95 bits per heavy atom. The van der Waals surface area contributed by atoms with Gasteiger partial charge in [0.25, 0.3) is 0 Å². The number of carbonyl (C=O) groups excluding carboxylic acids is 1. The minimum atomic E-state index is -0.0349. The molecule has 21 heavy (non-hydrogen) atoms. The van der Waals surface area contributed by atoms with Gasteiger partial charge in [-0.15, -0.1) is 0 Å². The second-order valence-electron chi connectivity index (χ2n) is 6.17. The lowest BCUT2D eigenvalue weighted by Crippen LogP contribution is -2.53. The number of benzene rings is 1. The fourth-order valence-electron chi connectivity index (χ4n) is 3.54. The van der Waals surface area contributed by atoms with Crippen LogP contribution in [0.2, 0.25) is 0 Å². The van der Waals surface area contributed by atoms with Crippen LogP contribution in [-0.4, -0.2) is 49.6 Å². The highest BCUT2D eigenvalue weighted by atomic mass is 16.2. The Morgan fingerprint density at radius 1 is 1.33 bits per heavy atom. The van der Waals surface area contributed by atoms with Crippen molar-refractivity contribution < 1.29 is 4.79 Å². The van der Waals surface area contributed by atoms with E-state index in [0.717, 1.165) is 31.7 Å². The van der Waals surface area contributed by atoms with Gasteiger partial charge in [-0.25, -0.2) is 0 Å². The Labute approximate surface area is 127 Å². The summed E-state index contributed by atoms with van der Waals surface area (Å²) >= 11 is 0. The SMILES string of the molecule is CNC1CCCN(C(C)C(=O)N2CCc3ccccc32)C1. The van der Waals surface area contributed by atoms with Crippen LogP contribution in [0.5, 0.6) is 0 Å². The first-order chi connectivity index (χ1) is 10.2. The van der Waals surface area contributed by atoms with Gasteiger partial charge in [0.2, 0.25) is 5.91 Å². The van der Waals surface area contributed by atoms with Gasteiger partial charge < -0.3 is 10.2 Å². The summed E-state index contributed by atoms with van der Waals surface area (Å²) in [6.07, 6.45) is 3.36. The van der Waals surface area contributed by atoms with Crippen LogP contribution in [0.4, 0.5) is 5.69 Å². The molecule has 0 bridgehead atoms. The average molecular weight is 287 g/mol. The highest BCUT2D eigenvalue weighted by Gasteiger charge is 2.32. The standard InChI is InChI=1S/C17H25N3O/c1-13(19-10-5-7-15(12-19)18-2)17(21)20-11-9-14-6-3-4-8-16(14)20/h3-4,6,8,13,15,18H,5,7,9-12H2,1-2H3. The molecule has 0 radical (unpaired) electrons. The highest BCUT2D eigenvalue weighted by Crippen LogP contribution is 2.28. The van der Waals surface area contributed by atoms with E-state index in [1.165, 1.54) is 18.4 Å². The molecular formula is C17H25N3O. The highest BCUT2D eigenvalue weighted by molar-refractivity contribution is 5.98. The summed E-state index contributed by atoms with van der Waals surface area (Å²) in [5.41, 5.74) is 2.40. The molecule has 2 heterocycles. The Kier molecular flexibility index (Phi) is 4.27. The van der Waals surface area contributed by atoms with Crippen molar-refractivity contribution in [1.82, 2.24) is 10.2 Å². The Bertz CT molecular complexity index is 517. The number of carbonyl (C=O) groups is 1. The molecule has 0 spiro atoms. The molecule has 2 unspecified atom stereocenters. The zero-order valence-electron chi connectivity index (χ0n) is 13.0. The largest absolute Gasteiger partial charge is 0.316 e. The van der Waals surface area contributed by atoms with Crippen LogP contribution >= 0.6 is 0 Å². The molecule has 114 valence electrons. The number of anilines is 1. The van der Waals surface area contributed by atoms with E-state index in [1.54, 1.807) is 0 Å². The van der Waals surface area contributed by atoms with Gasteiger partial charge in [-0.2, -0.15) is 0 Å². The molecule has 1 saturated heterocycles. The lowest BCUT2D eigenvalue weighted by molar-refractivity contribution is -0.123. The number of hydrogen-bond acceptors (Lipinski definition) is 3. The molecular weight excluding hydrogens is 262 g/mol. The van der Waals surface area contributed by atoms with Gasteiger partial charge >= 0.3 is 0 Å². The van der Waals surface area contributed by atoms with Crippen LogP contribution in [0.1, 0.15) is 25.3 Å². The van der Waals surface area contributed by atoms with Crippen LogP contribution in [0.3, 0.4) is 0 Å². The summed E-state index contributed by atoms with van der Waals surface area (Å²) in [7, 11) is 2.01. The molecule has 1 aromatic rings. The third kappa shape index (κ3) is 2.83. The molecule has 2 atom stereocenters. The zero-order valence-corrected chi connectivity index (χ0v) is 13.0. The number of nitrogens with zero attached hydrogens (tertiary/aromatic N) is 2. The van der Waals surface area contributed by atoms with E-state index in [-0.39, 0.29) is 11.9 Å². The van der Waals surface area contributed by atoms with Gasteiger partial charge in [-0.1, -0.05) is 18.2 Å². The summed E-state index contributed by atoms with van der Waals surface area (Å²) in [4.78, 5) is 17.2. The smallest absolute Gasteiger partial charge is 0.244 e. The topological polar surface area (TPSA) is 35.6 Å². The van der Waals surface area contributed by atoms with Crippen molar-refractivity contribution >= 4 is 11.6 Å². The van der Waals surface area contributed by atoms with Crippen LogP contribution < -0.4 is 10.2 Å². The third-order valence-corrected chi connectivity index (χ3v) is 4.92. The Morgan fingerprint density at radius 2 is 2.14 bits per heavy atom. The summed E-state index contributed by atoms with van der Waals surface area (Å²) < 4.78 is 0. The molecule has 3 rings (SSSR count). The first-order valence-electron chi connectivity index (χ1n) is 8.01. The van der Waals surface area contributed by atoms with E-state index in [2.05, 4.69) is 35.3 Å². The molecule has 0 saturated carbocycles. The van der Waals surface area contributed by atoms with Crippen molar-refractivity contribution in [2.45, 2.75) is 38.3 Å². The fraction of sp³-hybridized carbons (Fsp3) is 0.588. The second kappa shape index (κ2) is 6.16. The van der Waals surface area contributed by atoms with Crippen molar-refractivity contribution in [3.05, 3.63) is 29.8 Å². The van der Waals surface area contributed by atoms with E-state index in [1.807, 2.05) is 18.0 Å². The number of likely N-dealkylation sites (tertiary alicyclic amines) is 1. The Hall–Kier alpha value is -1.39. The summed E-state index contributed by atoms with van der Waals surface area (Å²) in [5, 5.41) is 3.35. The number of para-hydroxylation sites is 1. The van der Waals surface area contributed by atoms with Gasteiger partial charge in [-0.05, 0) is 51.4 Å². The first kappa shape index (κ1) is 14.5. The van der Waals surface area contributed by atoms with E-state index in [0.29, 0.717) is 6.04 Å². The second-order valence-corrected chi connectivity index (χ2v) is 6.17. The van der Waals surface area contributed by atoms with Crippen LogP contribution in [0.25, 0.3) is 0 Å². The molecule has 0 aliphatic carbocycles. The maximum absolute atomic E-state index is 12.9. The number of fused-ring (bicyclic) bond motifs is 1. The van der Waals surface area contributed by atoms with Gasteiger partial charge in [0, 0.05) is 24.8 Å². The molecule has 4 heteroatoms. The summed E-state index contributed by atoms with van der Waals surface area (Å²) in [6.45, 7) is 4.88. The number of rotatable bonds is 3. The predicted molar refractivity (Wildman–Crippen MR) is 85.6 cm³/mol. The number of likely N-dealkylation sites (N-methyl/N-ethyl adjacent to an activating group) is 1. The van der Waals surface area contributed by atoms with E-state index in [4.69, 9.17) is 0 Å². The number of hydrogen-bond donors (Lipinski definition) is 1. The number of piperidine rings is 1. The quantitative estimate of drug-likeness (QED) is 0.918.